The van der Waals surface area contributed by atoms with E-state index >= 15 is 0 Å². The quantitative estimate of drug-likeness (QED) is 0.651. The first-order chi connectivity index (χ1) is 15.2. The van der Waals surface area contributed by atoms with Crippen LogP contribution in [0.15, 0.2) is 29.3 Å². The lowest BCUT2D eigenvalue weighted by molar-refractivity contribution is -0.133. The van der Waals surface area contributed by atoms with Gasteiger partial charge in [-0.25, -0.2) is 4.98 Å². The highest BCUT2D eigenvalue weighted by molar-refractivity contribution is 7.20. The van der Waals surface area contributed by atoms with Crippen molar-refractivity contribution in [3.8, 4) is 0 Å². The van der Waals surface area contributed by atoms with Crippen molar-refractivity contribution in [1.29, 1.82) is 0 Å². The molecule has 0 spiro atoms. The van der Waals surface area contributed by atoms with Gasteiger partial charge in [0.25, 0.3) is 11.5 Å². The summed E-state index contributed by atoms with van der Waals surface area (Å²) in [6.45, 7) is 9.28. The monoisotopic (exact) mass is 452 g/mol. The van der Waals surface area contributed by atoms with Gasteiger partial charge in [0.2, 0.25) is 5.91 Å². The molecule has 0 unspecified atom stereocenters. The van der Waals surface area contributed by atoms with Gasteiger partial charge in [0.05, 0.1) is 16.6 Å². The van der Waals surface area contributed by atoms with Gasteiger partial charge in [0.1, 0.15) is 11.4 Å². The van der Waals surface area contributed by atoms with E-state index in [0.29, 0.717) is 26.6 Å². The van der Waals surface area contributed by atoms with Crippen LogP contribution in [0.1, 0.15) is 46.1 Å². The number of piperidine rings is 1. The summed E-state index contributed by atoms with van der Waals surface area (Å²) >= 11 is 1.20. The van der Waals surface area contributed by atoms with Crippen LogP contribution in [-0.2, 0) is 11.3 Å². The van der Waals surface area contributed by atoms with E-state index in [-0.39, 0.29) is 23.9 Å². The highest BCUT2D eigenvalue weighted by Gasteiger charge is 2.23. The smallest absolute Gasteiger partial charge is 0.266 e. The predicted molar refractivity (Wildman–Crippen MR) is 127 cm³/mol. The van der Waals surface area contributed by atoms with Crippen molar-refractivity contribution in [1.82, 2.24) is 14.5 Å². The Labute approximate surface area is 191 Å². The fourth-order valence-electron chi connectivity index (χ4n) is 4.38. The van der Waals surface area contributed by atoms with Crippen molar-refractivity contribution in [2.45, 2.75) is 47.1 Å². The standard InChI is InChI=1S/C24H28N4O3S/c1-14-6-5-7-27(11-14)19(29)12-28-13-25-23-20(24(28)31)17(4)21(32-23)22(30)26-18-9-15(2)8-16(3)10-18/h8-10,13-14H,5-7,11-12H2,1-4H3,(H,26,30)/t14-/m1/s1. The second kappa shape index (κ2) is 8.86. The average Bonchev–Trinajstić information content (AvgIpc) is 3.06. The van der Waals surface area contributed by atoms with Gasteiger partial charge >= 0.3 is 0 Å². The highest BCUT2D eigenvalue weighted by atomic mass is 32.1. The van der Waals surface area contributed by atoms with Gasteiger partial charge in [0.15, 0.2) is 0 Å². The Bertz CT molecular complexity index is 1240. The van der Waals surface area contributed by atoms with Gasteiger partial charge in [-0.15, -0.1) is 11.3 Å². The molecule has 1 aliphatic rings. The Morgan fingerprint density at radius 3 is 2.59 bits per heavy atom. The number of amides is 2. The summed E-state index contributed by atoms with van der Waals surface area (Å²) in [6.07, 6.45) is 3.53. The SMILES string of the molecule is Cc1cc(C)cc(NC(=O)c2sc3ncn(CC(=O)N4CCC[C@@H](C)C4)c(=O)c3c2C)c1. The van der Waals surface area contributed by atoms with E-state index in [4.69, 9.17) is 0 Å². The van der Waals surface area contributed by atoms with Crippen LogP contribution in [0.5, 0.6) is 0 Å². The number of carbonyl (C=O) groups excluding carboxylic acids is 2. The predicted octanol–water partition coefficient (Wildman–Crippen LogP) is 3.89. The first kappa shape index (κ1) is 22.2. The number of nitrogens with zero attached hydrogens (tertiary/aromatic N) is 3. The van der Waals surface area contributed by atoms with Crippen LogP contribution in [0.3, 0.4) is 0 Å². The molecule has 168 valence electrons. The zero-order valence-electron chi connectivity index (χ0n) is 18.9. The number of rotatable bonds is 4. The summed E-state index contributed by atoms with van der Waals surface area (Å²) in [6, 6.07) is 5.86. The lowest BCUT2D eigenvalue weighted by atomic mass is 10.0. The summed E-state index contributed by atoms with van der Waals surface area (Å²) in [5.74, 6) is 0.141. The second-order valence-electron chi connectivity index (χ2n) is 8.83. The van der Waals surface area contributed by atoms with E-state index < -0.39 is 0 Å². The third-order valence-electron chi connectivity index (χ3n) is 5.92. The zero-order chi connectivity index (χ0) is 23.0. The number of benzene rings is 1. The number of hydrogen-bond donors (Lipinski definition) is 1. The molecule has 2 amide bonds. The Morgan fingerprint density at radius 1 is 1.19 bits per heavy atom. The molecule has 7 nitrogen and oxygen atoms in total. The fraction of sp³-hybridized carbons (Fsp3) is 0.417. The maximum atomic E-state index is 13.1. The molecule has 1 fully saturated rings. The molecule has 1 atom stereocenters. The molecule has 0 saturated carbocycles. The van der Waals surface area contributed by atoms with Crippen LogP contribution in [0.2, 0.25) is 0 Å². The minimum absolute atomic E-state index is 0.0339. The van der Waals surface area contributed by atoms with Crippen molar-refractivity contribution < 1.29 is 9.59 Å². The second-order valence-corrected chi connectivity index (χ2v) is 9.83. The number of nitrogens with one attached hydrogen (secondary N) is 1. The number of aromatic nitrogens is 2. The van der Waals surface area contributed by atoms with Gasteiger partial charge < -0.3 is 10.2 Å². The summed E-state index contributed by atoms with van der Waals surface area (Å²) in [5.41, 5.74) is 3.15. The van der Waals surface area contributed by atoms with Gasteiger partial charge in [0, 0.05) is 18.8 Å². The lowest BCUT2D eigenvalue weighted by Crippen LogP contribution is -2.42. The Balaban J connectivity index is 1.60. The third kappa shape index (κ3) is 4.46. The number of likely N-dealkylation sites (tertiary alicyclic amines) is 1. The minimum Gasteiger partial charge on any atom is -0.341 e. The molecule has 2 aromatic heterocycles. The molecule has 0 aliphatic carbocycles. The Hall–Kier alpha value is -3.00. The average molecular weight is 453 g/mol. The molecule has 0 bridgehead atoms. The van der Waals surface area contributed by atoms with Crippen LogP contribution >= 0.6 is 11.3 Å². The van der Waals surface area contributed by atoms with Crippen LogP contribution < -0.4 is 10.9 Å². The molecule has 1 aliphatic heterocycles. The molecule has 32 heavy (non-hydrogen) atoms. The maximum absolute atomic E-state index is 13.1. The summed E-state index contributed by atoms with van der Waals surface area (Å²) < 4.78 is 1.36. The van der Waals surface area contributed by atoms with Crippen molar-refractivity contribution in [3.63, 3.8) is 0 Å². The van der Waals surface area contributed by atoms with Crippen molar-refractivity contribution in [3.05, 3.63) is 56.4 Å². The summed E-state index contributed by atoms with van der Waals surface area (Å²) in [7, 11) is 0. The van der Waals surface area contributed by atoms with Crippen LogP contribution in [0.4, 0.5) is 5.69 Å². The fourth-order valence-corrected chi connectivity index (χ4v) is 5.42. The maximum Gasteiger partial charge on any atom is 0.266 e. The van der Waals surface area contributed by atoms with Crippen LogP contribution in [0.25, 0.3) is 10.2 Å². The Kier molecular flexibility index (Phi) is 6.15. The molecular formula is C24H28N4O3S. The highest BCUT2D eigenvalue weighted by Crippen LogP contribution is 2.28. The number of hydrogen-bond acceptors (Lipinski definition) is 5. The number of fused-ring (bicyclic) bond motifs is 1. The molecular weight excluding hydrogens is 424 g/mol. The van der Waals surface area contributed by atoms with Crippen molar-refractivity contribution in [2.75, 3.05) is 18.4 Å². The van der Waals surface area contributed by atoms with E-state index in [9.17, 15) is 14.4 Å². The molecule has 8 heteroatoms. The number of anilines is 1. The summed E-state index contributed by atoms with van der Waals surface area (Å²) in [4.78, 5) is 46.0. The number of aryl methyl sites for hydroxylation is 3. The van der Waals surface area contributed by atoms with Crippen molar-refractivity contribution in [2.24, 2.45) is 5.92 Å². The molecule has 1 saturated heterocycles. The van der Waals surface area contributed by atoms with E-state index in [1.165, 1.54) is 22.2 Å². The van der Waals surface area contributed by atoms with E-state index in [1.54, 1.807) is 6.92 Å². The summed E-state index contributed by atoms with van der Waals surface area (Å²) in [5, 5.41) is 3.33. The molecule has 1 aromatic carbocycles. The van der Waals surface area contributed by atoms with Crippen molar-refractivity contribution >= 4 is 39.1 Å². The van der Waals surface area contributed by atoms with E-state index in [1.807, 2.05) is 36.9 Å². The number of thiophene rings is 1. The zero-order valence-corrected chi connectivity index (χ0v) is 19.7. The van der Waals surface area contributed by atoms with Gasteiger partial charge in [-0.3, -0.25) is 19.0 Å². The number of carbonyl (C=O) groups is 2. The van der Waals surface area contributed by atoms with Crippen LogP contribution in [-0.4, -0.2) is 39.4 Å². The molecule has 1 N–H and O–H groups in total. The molecule has 0 radical (unpaired) electrons. The largest absolute Gasteiger partial charge is 0.341 e. The first-order valence-electron chi connectivity index (χ1n) is 10.9. The van der Waals surface area contributed by atoms with Gasteiger partial charge in [-0.1, -0.05) is 13.0 Å². The first-order valence-corrected chi connectivity index (χ1v) is 11.7. The van der Waals surface area contributed by atoms with Gasteiger partial charge in [-0.2, -0.15) is 0 Å². The Morgan fingerprint density at radius 2 is 1.91 bits per heavy atom. The van der Waals surface area contributed by atoms with E-state index in [2.05, 4.69) is 17.2 Å². The normalized spacial score (nSPS) is 16.4. The minimum atomic E-state index is -0.285. The topological polar surface area (TPSA) is 84.3 Å². The van der Waals surface area contributed by atoms with Gasteiger partial charge in [-0.05, 0) is 68.4 Å². The molecule has 3 aromatic rings. The van der Waals surface area contributed by atoms with Crippen LogP contribution in [0, 0.1) is 26.7 Å². The third-order valence-corrected chi connectivity index (χ3v) is 7.12. The van der Waals surface area contributed by atoms with E-state index in [0.717, 1.165) is 42.7 Å². The molecule has 4 rings (SSSR count). The lowest BCUT2D eigenvalue weighted by Gasteiger charge is -2.31. The molecule has 3 heterocycles.